The van der Waals surface area contributed by atoms with Gasteiger partial charge in [-0.05, 0) is 44.8 Å². The number of amides is 2. The molecule has 1 aromatic rings. The molecule has 1 N–H and O–H groups in total. The molecule has 0 atom stereocenters. The molecule has 24 heavy (non-hydrogen) atoms. The van der Waals surface area contributed by atoms with E-state index < -0.39 is 5.54 Å². The Kier molecular flexibility index (Phi) is 4.83. The standard InChI is InChI=1S/C16H23N5O2.ClH/c22-14-12-19(10-11-20(14)13-2-3-13)15(23)16(4-7-17-8-5-16)21-9-1-6-18-21;/h1,6,9,13,17H,2-5,7-8,10-12H2;1H. The predicted octanol–water partition coefficient (Wildman–Crippen LogP) is 0.217. The van der Waals surface area contributed by atoms with Crippen LogP contribution in [0.15, 0.2) is 18.5 Å². The predicted molar refractivity (Wildman–Crippen MR) is 90.9 cm³/mol. The van der Waals surface area contributed by atoms with Crippen molar-refractivity contribution >= 4 is 24.2 Å². The van der Waals surface area contributed by atoms with Crippen molar-refractivity contribution in [3.05, 3.63) is 18.5 Å². The third-order valence-electron chi connectivity index (χ3n) is 5.30. The lowest BCUT2D eigenvalue weighted by Crippen LogP contribution is -2.60. The van der Waals surface area contributed by atoms with Crippen molar-refractivity contribution in [2.24, 2.45) is 0 Å². The van der Waals surface area contributed by atoms with E-state index >= 15 is 0 Å². The summed E-state index contributed by atoms with van der Waals surface area (Å²) in [5, 5.41) is 7.66. The van der Waals surface area contributed by atoms with Crippen molar-refractivity contribution < 1.29 is 9.59 Å². The van der Waals surface area contributed by atoms with Crippen molar-refractivity contribution in [3.63, 3.8) is 0 Å². The number of carbonyl (C=O) groups excluding carboxylic acids is 2. The number of hydrogen-bond acceptors (Lipinski definition) is 4. The molecule has 3 fully saturated rings. The molecule has 0 spiro atoms. The average Bonchev–Trinajstić information content (AvgIpc) is 3.27. The summed E-state index contributed by atoms with van der Waals surface area (Å²) in [6.45, 7) is 3.11. The third kappa shape index (κ3) is 2.91. The first-order valence-electron chi connectivity index (χ1n) is 8.50. The topological polar surface area (TPSA) is 70.5 Å². The molecule has 0 unspecified atom stereocenters. The molecule has 1 saturated carbocycles. The van der Waals surface area contributed by atoms with Crippen LogP contribution in [0.25, 0.3) is 0 Å². The van der Waals surface area contributed by atoms with E-state index in [1.165, 1.54) is 0 Å². The fraction of sp³-hybridized carbons (Fsp3) is 0.688. The summed E-state index contributed by atoms with van der Waals surface area (Å²) in [5.74, 6) is 0.142. The van der Waals surface area contributed by atoms with E-state index in [4.69, 9.17) is 0 Å². The Hall–Kier alpha value is -1.60. The van der Waals surface area contributed by atoms with Gasteiger partial charge in [0.25, 0.3) is 5.91 Å². The van der Waals surface area contributed by atoms with Crippen LogP contribution in [0.2, 0.25) is 0 Å². The lowest BCUT2D eigenvalue weighted by atomic mass is 9.86. The molecule has 2 amide bonds. The zero-order chi connectivity index (χ0) is 15.9. The summed E-state index contributed by atoms with van der Waals surface area (Å²) in [7, 11) is 0. The minimum atomic E-state index is -0.642. The summed E-state index contributed by atoms with van der Waals surface area (Å²) in [6.07, 6.45) is 7.24. The molecule has 0 bridgehead atoms. The second-order valence-corrected chi connectivity index (χ2v) is 6.78. The lowest BCUT2D eigenvalue weighted by molar-refractivity contribution is -0.152. The Morgan fingerprint density at radius 2 is 2.00 bits per heavy atom. The summed E-state index contributed by atoms with van der Waals surface area (Å²) in [6, 6.07) is 2.28. The molecule has 3 heterocycles. The summed E-state index contributed by atoms with van der Waals surface area (Å²) < 4.78 is 1.80. The maximum absolute atomic E-state index is 13.3. The van der Waals surface area contributed by atoms with E-state index in [0.29, 0.717) is 32.0 Å². The zero-order valence-corrected chi connectivity index (χ0v) is 14.5. The van der Waals surface area contributed by atoms with Crippen LogP contribution in [-0.4, -0.2) is 70.2 Å². The van der Waals surface area contributed by atoms with Gasteiger partial charge in [0.1, 0.15) is 5.54 Å². The Morgan fingerprint density at radius 1 is 1.25 bits per heavy atom. The van der Waals surface area contributed by atoms with E-state index in [2.05, 4.69) is 10.4 Å². The Bertz CT molecular complexity index is 596. The van der Waals surface area contributed by atoms with Gasteiger partial charge in [0.05, 0.1) is 6.54 Å². The smallest absolute Gasteiger partial charge is 0.251 e. The van der Waals surface area contributed by atoms with Crippen LogP contribution in [0.4, 0.5) is 0 Å². The number of carbonyl (C=O) groups is 2. The van der Waals surface area contributed by atoms with Gasteiger partial charge in [0.15, 0.2) is 0 Å². The highest BCUT2D eigenvalue weighted by Gasteiger charge is 2.46. The Labute approximate surface area is 147 Å². The maximum Gasteiger partial charge on any atom is 0.251 e. The van der Waals surface area contributed by atoms with Crippen LogP contribution >= 0.6 is 12.4 Å². The Morgan fingerprint density at radius 3 is 2.58 bits per heavy atom. The minimum Gasteiger partial charge on any atom is -0.336 e. The average molecular weight is 354 g/mol. The van der Waals surface area contributed by atoms with Gasteiger partial charge in [0.2, 0.25) is 5.91 Å². The van der Waals surface area contributed by atoms with Crippen LogP contribution in [0.3, 0.4) is 0 Å². The number of nitrogens with zero attached hydrogens (tertiary/aromatic N) is 4. The third-order valence-corrected chi connectivity index (χ3v) is 5.30. The molecule has 0 radical (unpaired) electrons. The summed E-state index contributed by atoms with van der Waals surface area (Å²) >= 11 is 0. The largest absolute Gasteiger partial charge is 0.336 e. The van der Waals surface area contributed by atoms with E-state index in [-0.39, 0.29) is 30.8 Å². The highest BCUT2D eigenvalue weighted by Crippen LogP contribution is 2.32. The molecule has 0 aromatic carbocycles. The molecule has 8 heteroatoms. The molecule has 132 valence electrons. The van der Waals surface area contributed by atoms with E-state index in [0.717, 1.165) is 25.9 Å². The number of nitrogens with one attached hydrogen (secondary N) is 1. The molecule has 4 rings (SSSR count). The molecule has 1 aliphatic carbocycles. The van der Waals surface area contributed by atoms with Crippen molar-refractivity contribution in [2.45, 2.75) is 37.3 Å². The van der Waals surface area contributed by atoms with Gasteiger partial charge >= 0.3 is 0 Å². The molecule has 2 saturated heterocycles. The molecule has 1 aromatic heterocycles. The second-order valence-electron chi connectivity index (χ2n) is 6.78. The number of piperazine rings is 1. The first-order chi connectivity index (χ1) is 11.2. The molecule has 3 aliphatic rings. The van der Waals surface area contributed by atoms with Gasteiger partial charge in [-0.3, -0.25) is 14.3 Å². The zero-order valence-electron chi connectivity index (χ0n) is 13.7. The highest BCUT2D eigenvalue weighted by molar-refractivity contribution is 5.90. The van der Waals surface area contributed by atoms with Crippen LogP contribution in [0, 0.1) is 0 Å². The fourth-order valence-electron chi connectivity index (χ4n) is 3.83. The van der Waals surface area contributed by atoms with Crippen molar-refractivity contribution in [2.75, 3.05) is 32.7 Å². The number of halogens is 1. The lowest BCUT2D eigenvalue weighted by Gasteiger charge is -2.42. The van der Waals surface area contributed by atoms with Crippen LogP contribution in [0.1, 0.15) is 25.7 Å². The van der Waals surface area contributed by atoms with Crippen LogP contribution in [0.5, 0.6) is 0 Å². The number of rotatable bonds is 3. The number of piperidine rings is 1. The van der Waals surface area contributed by atoms with E-state index in [1.54, 1.807) is 15.8 Å². The van der Waals surface area contributed by atoms with Crippen LogP contribution < -0.4 is 5.32 Å². The van der Waals surface area contributed by atoms with Gasteiger partial charge in [-0.15, -0.1) is 12.4 Å². The second kappa shape index (κ2) is 6.72. The first kappa shape index (κ1) is 17.2. The van der Waals surface area contributed by atoms with Crippen molar-refractivity contribution in [3.8, 4) is 0 Å². The van der Waals surface area contributed by atoms with Gasteiger partial charge in [-0.2, -0.15) is 5.10 Å². The molecule has 7 nitrogen and oxygen atoms in total. The highest BCUT2D eigenvalue weighted by atomic mass is 35.5. The van der Waals surface area contributed by atoms with Gasteiger partial charge in [0, 0.05) is 31.5 Å². The quantitative estimate of drug-likeness (QED) is 0.843. The van der Waals surface area contributed by atoms with Crippen LogP contribution in [-0.2, 0) is 15.1 Å². The summed E-state index contributed by atoms with van der Waals surface area (Å²) in [4.78, 5) is 29.3. The fourth-order valence-corrected chi connectivity index (χ4v) is 3.83. The Balaban J connectivity index is 0.00000169. The SMILES string of the molecule is Cl.O=C1CN(C(=O)C2(n3cccn3)CCNCC2)CCN1C1CC1. The maximum atomic E-state index is 13.3. The molecular weight excluding hydrogens is 330 g/mol. The normalized spacial score (nSPS) is 23.8. The van der Waals surface area contributed by atoms with Gasteiger partial charge in [-0.1, -0.05) is 0 Å². The molecular formula is C16H24ClN5O2. The van der Waals surface area contributed by atoms with Crippen molar-refractivity contribution in [1.29, 1.82) is 0 Å². The van der Waals surface area contributed by atoms with E-state index in [9.17, 15) is 9.59 Å². The molecule has 2 aliphatic heterocycles. The number of aromatic nitrogens is 2. The van der Waals surface area contributed by atoms with Crippen molar-refractivity contribution in [1.82, 2.24) is 24.9 Å². The van der Waals surface area contributed by atoms with Gasteiger partial charge in [-0.25, -0.2) is 0 Å². The number of hydrogen-bond donors (Lipinski definition) is 1. The minimum absolute atomic E-state index is 0. The van der Waals surface area contributed by atoms with E-state index in [1.807, 2.05) is 17.2 Å². The monoisotopic (exact) mass is 353 g/mol. The first-order valence-corrected chi connectivity index (χ1v) is 8.50. The summed E-state index contributed by atoms with van der Waals surface area (Å²) in [5.41, 5.74) is -0.642. The van der Waals surface area contributed by atoms with Gasteiger partial charge < -0.3 is 15.1 Å².